The van der Waals surface area contributed by atoms with E-state index in [1.54, 1.807) is 0 Å². The van der Waals surface area contributed by atoms with Gasteiger partial charge in [0.2, 0.25) is 0 Å². The van der Waals surface area contributed by atoms with Crippen molar-refractivity contribution in [1.82, 2.24) is 0 Å². The van der Waals surface area contributed by atoms with Gasteiger partial charge in [0.25, 0.3) is 0 Å². The summed E-state index contributed by atoms with van der Waals surface area (Å²) in [6.07, 6.45) is 1.02. The van der Waals surface area contributed by atoms with Gasteiger partial charge in [0.05, 0.1) is 13.2 Å². The van der Waals surface area contributed by atoms with Gasteiger partial charge >= 0.3 is 5.97 Å². The fourth-order valence-corrected chi connectivity index (χ4v) is 16.3. The molecule has 0 spiro atoms. The molecule has 122 valence electrons. The number of carboxylic acid groups (broad SMARTS) is 1. The van der Waals surface area contributed by atoms with E-state index in [0.717, 1.165) is 12.5 Å². The Labute approximate surface area is 131 Å². The Morgan fingerprint density at radius 3 is 2.14 bits per heavy atom. The van der Waals surface area contributed by atoms with E-state index in [1.807, 2.05) is 0 Å². The molecule has 3 unspecified atom stereocenters. The highest BCUT2D eigenvalue weighted by atomic mass is 29.3. The van der Waals surface area contributed by atoms with Gasteiger partial charge in [-0.15, -0.1) is 0 Å². The Bertz CT molecular complexity index is 453. The first-order chi connectivity index (χ1) is 9.18. The second-order valence-corrected chi connectivity index (χ2v) is 23.0. The number of carboxylic acids is 1. The molecule has 1 saturated heterocycles. The van der Waals surface area contributed by atoms with Crippen molar-refractivity contribution in [1.29, 1.82) is 0 Å². The largest absolute Gasteiger partial charge is 0.478 e. The molecule has 1 aliphatic heterocycles. The summed E-state index contributed by atoms with van der Waals surface area (Å²) in [4.78, 5) is 11.3. The van der Waals surface area contributed by atoms with E-state index in [9.17, 15) is 9.90 Å². The molecule has 1 aliphatic rings. The minimum atomic E-state index is -1.95. The second-order valence-electron chi connectivity index (χ2n) is 8.56. The van der Waals surface area contributed by atoms with Gasteiger partial charge in [-0.3, -0.25) is 0 Å². The molecule has 0 aromatic rings. The first-order valence-electron chi connectivity index (χ1n) is 7.80. The van der Waals surface area contributed by atoms with Crippen LogP contribution in [-0.2, 0) is 9.22 Å². The highest BCUT2D eigenvalue weighted by Gasteiger charge is 2.59. The van der Waals surface area contributed by atoms with Crippen LogP contribution in [0.5, 0.6) is 0 Å². The lowest BCUT2D eigenvalue weighted by Gasteiger charge is -2.58. The lowest BCUT2D eigenvalue weighted by Crippen LogP contribution is -2.70. The molecule has 21 heavy (non-hydrogen) atoms. The van der Waals surface area contributed by atoms with E-state index < -0.39 is 21.4 Å². The minimum Gasteiger partial charge on any atom is -0.478 e. The van der Waals surface area contributed by atoms with Crippen LogP contribution in [0.4, 0.5) is 0 Å². The van der Waals surface area contributed by atoms with Gasteiger partial charge in [-0.05, 0) is 37.4 Å². The molecular formula is C16H32O3Si2. The molecular weight excluding hydrogens is 296 g/mol. The van der Waals surface area contributed by atoms with Crippen LogP contribution in [0, 0.1) is 5.41 Å². The third kappa shape index (κ3) is 3.05. The zero-order chi connectivity index (χ0) is 16.9. The third-order valence-electron chi connectivity index (χ3n) is 6.32. The number of rotatable bonds is 3. The van der Waals surface area contributed by atoms with Gasteiger partial charge in [0.1, 0.15) is 0 Å². The van der Waals surface area contributed by atoms with Crippen LogP contribution in [-0.4, -0.2) is 32.1 Å². The third-order valence-corrected chi connectivity index (χ3v) is 24.2. The van der Waals surface area contributed by atoms with Crippen molar-refractivity contribution in [3.63, 3.8) is 0 Å². The molecule has 3 nitrogen and oxygen atoms in total. The number of hydrogen-bond donors (Lipinski definition) is 1. The maximum Gasteiger partial charge on any atom is 0.330 e. The molecule has 0 saturated carbocycles. The molecule has 5 heteroatoms. The molecule has 1 fully saturated rings. The summed E-state index contributed by atoms with van der Waals surface area (Å²) in [6.45, 7) is 21.7. The second kappa shape index (κ2) is 5.35. The van der Waals surface area contributed by atoms with E-state index in [-0.39, 0.29) is 16.6 Å². The standard InChI is InChI=1S/C16H32O3Si2/c1-12(14(17)18)13(2)21(9)11-10-16(6,15(3,4)5)19-20(21,7)8/h13H,1,10-11H2,2-9H3,(H,17,18). The SMILES string of the molecule is C=C(C(=O)O)C(C)[Si]1(C)CCC(C)(C(C)(C)C)O[Si]1(C)C. The summed E-state index contributed by atoms with van der Waals surface area (Å²) in [5, 5.41) is 9.30. The van der Waals surface area contributed by atoms with Crippen LogP contribution in [0.1, 0.15) is 41.0 Å². The molecule has 0 aromatic heterocycles. The summed E-state index contributed by atoms with van der Waals surface area (Å²) in [6, 6.07) is 1.13. The maximum atomic E-state index is 11.3. The fourth-order valence-electron chi connectivity index (χ4n) is 3.37. The number of carbonyl (C=O) groups is 1. The van der Waals surface area contributed by atoms with Gasteiger partial charge in [-0.25, -0.2) is 4.79 Å². The summed E-state index contributed by atoms with van der Waals surface area (Å²) in [5.74, 6) is -0.856. The van der Waals surface area contributed by atoms with E-state index in [2.05, 4.69) is 60.8 Å². The average Bonchev–Trinajstić information content (AvgIpc) is 2.30. The van der Waals surface area contributed by atoms with E-state index in [0.29, 0.717) is 5.57 Å². The molecule has 1 rings (SSSR count). The van der Waals surface area contributed by atoms with Gasteiger partial charge in [-0.1, -0.05) is 46.9 Å². The Hall–Kier alpha value is -0.396. The van der Waals surface area contributed by atoms with Crippen LogP contribution < -0.4 is 0 Å². The zero-order valence-electron chi connectivity index (χ0n) is 15.0. The predicted molar refractivity (Wildman–Crippen MR) is 93.7 cm³/mol. The molecule has 0 radical (unpaired) electrons. The van der Waals surface area contributed by atoms with Gasteiger partial charge < -0.3 is 9.53 Å². The van der Waals surface area contributed by atoms with Crippen LogP contribution in [0.25, 0.3) is 0 Å². The maximum absolute atomic E-state index is 11.3. The van der Waals surface area contributed by atoms with Crippen molar-refractivity contribution in [2.75, 3.05) is 0 Å². The van der Waals surface area contributed by atoms with E-state index in [4.69, 9.17) is 4.43 Å². The Kier molecular flexibility index (Phi) is 4.75. The van der Waals surface area contributed by atoms with Crippen molar-refractivity contribution in [3.05, 3.63) is 12.2 Å². The van der Waals surface area contributed by atoms with Crippen LogP contribution in [0.15, 0.2) is 12.2 Å². The highest BCUT2D eigenvalue weighted by Crippen LogP contribution is 2.51. The van der Waals surface area contributed by atoms with Crippen LogP contribution >= 0.6 is 0 Å². The summed E-state index contributed by atoms with van der Waals surface area (Å²) < 4.78 is 6.76. The molecule has 0 amide bonds. The Balaban J connectivity index is 3.15. The van der Waals surface area contributed by atoms with Crippen molar-refractivity contribution >= 4 is 21.4 Å². The van der Waals surface area contributed by atoms with Gasteiger partial charge in [-0.2, -0.15) is 0 Å². The molecule has 0 aliphatic carbocycles. The Morgan fingerprint density at radius 2 is 1.81 bits per heavy atom. The van der Waals surface area contributed by atoms with E-state index in [1.165, 1.54) is 0 Å². The molecule has 0 aromatic carbocycles. The molecule has 1 heterocycles. The quantitative estimate of drug-likeness (QED) is 0.608. The topological polar surface area (TPSA) is 46.5 Å². The fraction of sp³-hybridized carbons (Fsp3) is 0.812. The Morgan fingerprint density at radius 1 is 1.33 bits per heavy atom. The minimum absolute atomic E-state index is 0.0705. The summed E-state index contributed by atoms with van der Waals surface area (Å²) >= 11 is 0. The lowest BCUT2D eigenvalue weighted by molar-refractivity contribution is -0.132. The van der Waals surface area contributed by atoms with Crippen molar-refractivity contribution in [2.45, 2.75) is 77.9 Å². The normalized spacial score (nSPS) is 34.3. The van der Waals surface area contributed by atoms with Gasteiger partial charge in [0, 0.05) is 5.57 Å². The van der Waals surface area contributed by atoms with Gasteiger partial charge in [0.15, 0.2) is 7.83 Å². The molecule has 1 N–H and O–H groups in total. The summed E-state index contributed by atoms with van der Waals surface area (Å²) in [5.41, 5.74) is 0.424. The monoisotopic (exact) mass is 328 g/mol. The molecule has 3 atom stereocenters. The van der Waals surface area contributed by atoms with Crippen molar-refractivity contribution < 1.29 is 14.3 Å². The van der Waals surface area contributed by atoms with Crippen LogP contribution in [0.3, 0.4) is 0 Å². The highest BCUT2D eigenvalue weighted by molar-refractivity contribution is 7.39. The molecule has 0 bridgehead atoms. The van der Waals surface area contributed by atoms with Crippen molar-refractivity contribution in [2.24, 2.45) is 5.41 Å². The smallest absolute Gasteiger partial charge is 0.330 e. The summed E-state index contributed by atoms with van der Waals surface area (Å²) in [7, 11) is -3.77. The van der Waals surface area contributed by atoms with Crippen LogP contribution in [0.2, 0.25) is 31.2 Å². The number of aliphatic carboxylic acids is 1. The average molecular weight is 329 g/mol. The lowest BCUT2D eigenvalue weighted by atomic mass is 9.76. The zero-order valence-corrected chi connectivity index (χ0v) is 17.0. The number of hydrogen-bond acceptors (Lipinski definition) is 2. The van der Waals surface area contributed by atoms with Crippen molar-refractivity contribution in [3.8, 4) is 0 Å². The van der Waals surface area contributed by atoms with E-state index >= 15 is 0 Å². The first kappa shape index (κ1) is 18.7. The first-order valence-corrected chi connectivity index (χ1v) is 14.5. The predicted octanol–water partition coefficient (Wildman–Crippen LogP) is 4.60.